The molecule has 0 aliphatic rings. The predicted molar refractivity (Wildman–Crippen MR) is 82.5 cm³/mol. The zero-order valence-electron chi connectivity index (χ0n) is 12.2. The second-order valence-electron chi connectivity index (χ2n) is 4.77. The zero-order chi connectivity index (χ0) is 14.9. The minimum Gasteiger partial charge on any atom is -0.508 e. The van der Waals surface area contributed by atoms with Crippen molar-refractivity contribution in [1.29, 1.82) is 0 Å². The Hall–Kier alpha value is -2.04. The maximum atomic E-state index is 9.24. The van der Waals surface area contributed by atoms with Crippen molar-refractivity contribution in [2.75, 3.05) is 20.3 Å². The van der Waals surface area contributed by atoms with Gasteiger partial charge in [0.2, 0.25) is 0 Å². The Morgan fingerprint density at radius 2 is 1.86 bits per heavy atom. The normalized spacial score (nSPS) is 10.5. The Morgan fingerprint density at radius 3 is 2.62 bits per heavy atom. The van der Waals surface area contributed by atoms with Crippen molar-refractivity contribution in [3.05, 3.63) is 59.7 Å². The molecule has 0 amide bonds. The molecule has 0 aliphatic carbocycles. The summed E-state index contributed by atoms with van der Waals surface area (Å²) in [6, 6.07) is 15.0. The lowest BCUT2D eigenvalue weighted by Gasteiger charge is -2.09. The van der Waals surface area contributed by atoms with Crippen molar-refractivity contribution in [3.63, 3.8) is 0 Å². The van der Waals surface area contributed by atoms with Gasteiger partial charge in [-0.15, -0.1) is 0 Å². The van der Waals surface area contributed by atoms with E-state index in [4.69, 9.17) is 9.47 Å². The summed E-state index contributed by atoms with van der Waals surface area (Å²) in [5, 5.41) is 12.5. The van der Waals surface area contributed by atoms with E-state index in [0.29, 0.717) is 13.2 Å². The summed E-state index contributed by atoms with van der Waals surface area (Å²) in [5.41, 5.74) is 2.20. The highest BCUT2D eigenvalue weighted by Gasteiger charge is 1.99. The summed E-state index contributed by atoms with van der Waals surface area (Å²) in [6.45, 7) is 2.81. The van der Waals surface area contributed by atoms with Gasteiger partial charge in [-0.3, -0.25) is 0 Å². The lowest BCUT2D eigenvalue weighted by molar-refractivity contribution is 0.199. The average Bonchev–Trinajstić information content (AvgIpc) is 2.52. The summed E-state index contributed by atoms with van der Waals surface area (Å²) in [7, 11) is 1.69. The lowest BCUT2D eigenvalue weighted by atomic mass is 10.2. The molecule has 2 aromatic rings. The average molecular weight is 287 g/mol. The first-order chi connectivity index (χ1) is 10.3. The first-order valence-electron chi connectivity index (χ1n) is 6.97. The SMILES string of the molecule is COCCNCc1cccc(OCc2ccc(O)cc2)c1. The summed E-state index contributed by atoms with van der Waals surface area (Å²) in [5.74, 6) is 1.11. The Balaban J connectivity index is 1.84. The van der Waals surface area contributed by atoms with Gasteiger partial charge in [-0.2, -0.15) is 0 Å². The summed E-state index contributed by atoms with van der Waals surface area (Å²) < 4.78 is 10.8. The maximum Gasteiger partial charge on any atom is 0.120 e. The fraction of sp³-hybridized carbons (Fsp3) is 0.294. The van der Waals surface area contributed by atoms with Crippen LogP contribution in [0, 0.1) is 0 Å². The van der Waals surface area contributed by atoms with Gasteiger partial charge in [0.1, 0.15) is 18.1 Å². The first kappa shape index (κ1) is 15.4. The van der Waals surface area contributed by atoms with Gasteiger partial charge in [0, 0.05) is 20.2 Å². The molecule has 0 bridgehead atoms. The Morgan fingerprint density at radius 1 is 1.05 bits per heavy atom. The van der Waals surface area contributed by atoms with E-state index in [1.165, 1.54) is 5.56 Å². The number of benzene rings is 2. The Labute approximate surface area is 125 Å². The Bertz CT molecular complexity index is 540. The van der Waals surface area contributed by atoms with Crippen LogP contribution in [0.1, 0.15) is 11.1 Å². The number of aromatic hydroxyl groups is 1. The van der Waals surface area contributed by atoms with Gasteiger partial charge >= 0.3 is 0 Å². The number of hydrogen-bond acceptors (Lipinski definition) is 4. The highest BCUT2D eigenvalue weighted by Crippen LogP contribution is 2.16. The summed E-state index contributed by atoms with van der Waals surface area (Å²) in [4.78, 5) is 0. The van der Waals surface area contributed by atoms with E-state index in [2.05, 4.69) is 11.4 Å². The van der Waals surface area contributed by atoms with Crippen LogP contribution in [0.5, 0.6) is 11.5 Å². The molecule has 0 heterocycles. The number of ether oxygens (including phenoxy) is 2. The van der Waals surface area contributed by atoms with Crippen molar-refractivity contribution in [2.45, 2.75) is 13.2 Å². The molecule has 0 saturated carbocycles. The van der Waals surface area contributed by atoms with Crippen LogP contribution in [-0.4, -0.2) is 25.4 Å². The zero-order valence-corrected chi connectivity index (χ0v) is 12.2. The van der Waals surface area contributed by atoms with Crippen molar-refractivity contribution < 1.29 is 14.6 Å². The van der Waals surface area contributed by atoms with E-state index in [-0.39, 0.29) is 5.75 Å². The van der Waals surface area contributed by atoms with Gasteiger partial charge in [-0.25, -0.2) is 0 Å². The molecule has 0 aliphatic heterocycles. The first-order valence-corrected chi connectivity index (χ1v) is 6.97. The van der Waals surface area contributed by atoms with Crippen LogP contribution in [0.2, 0.25) is 0 Å². The summed E-state index contributed by atoms with van der Waals surface area (Å²) in [6.07, 6.45) is 0. The van der Waals surface area contributed by atoms with E-state index in [0.717, 1.165) is 24.4 Å². The second-order valence-corrected chi connectivity index (χ2v) is 4.77. The third-order valence-electron chi connectivity index (χ3n) is 3.05. The van der Waals surface area contributed by atoms with Gasteiger partial charge in [-0.05, 0) is 35.4 Å². The molecule has 0 unspecified atom stereocenters. The van der Waals surface area contributed by atoms with Crippen LogP contribution in [-0.2, 0) is 17.9 Å². The van der Waals surface area contributed by atoms with Crippen LogP contribution < -0.4 is 10.1 Å². The molecule has 0 spiro atoms. The fourth-order valence-corrected chi connectivity index (χ4v) is 1.91. The maximum absolute atomic E-state index is 9.24. The molecule has 2 rings (SSSR count). The van der Waals surface area contributed by atoms with Crippen molar-refractivity contribution in [1.82, 2.24) is 5.32 Å². The number of phenolic OH excluding ortho intramolecular Hbond substituents is 1. The Kier molecular flexibility index (Phi) is 6.06. The van der Waals surface area contributed by atoms with E-state index >= 15 is 0 Å². The number of rotatable bonds is 8. The van der Waals surface area contributed by atoms with Gasteiger partial charge in [0.25, 0.3) is 0 Å². The van der Waals surface area contributed by atoms with Crippen LogP contribution in [0.25, 0.3) is 0 Å². The lowest BCUT2D eigenvalue weighted by Crippen LogP contribution is -2.18. The summed E-state index contributed by atoms with van der Waals surface area (Å²) >= 11 is 0. The third kappa shape index (κ3) is 5.45. The quantitative estimate of drug-likeness (QED) is 0.733. The van der Waals surface area contributed by atoms with Crippen molar-refractivity contribution >= 4 is 0 Å². The highest BCUT2D eigenvalue weighted by molar-refractivity contribution is 5.30. The second kappa shape index (κ2) is 8.29. The molecule has 4 nitrogen and oxygen atoms in total. The highest BCUT2D eigenvalue weighted by atomic mass is 16.5. The topological polar surface area (TPSA) is 50.7 Å². The molecule has 0 atom stereocenters. The number of nitrogens with one attached hydrogen (secondary N) is 1. The van der Waals surface area contributed by atoms with E-state index in [1.54, 1.807) is 19.2 Å². The molecule has 21 heavy (non-hydrogen) atoms. The van der Waals surface area contributed by atoms with Crippen LogP contribution in [0.15, 0.2) is 48.5 Å². The molecule has 0 saturated heterocycles. The fourth-order valence-electron chi connectivity index (χ4n) is 1.91. The molecule has 0 aromatic heterocycles. The van der Waals surface area contributed by atoms with Gasteiger partial charge in [0.05, 0.1) is 6.61 Å². The number of phenols is 1. The smallest absolute Gasteiger partial charge is 0.120 e. The number of hydrogen-bond donors (Lipinski definition) is 2. The molecular formula is C17H21NO3. The number of methoxy groups -OCH3 is 1. The van der Waals surface area contributed by atoms with Gasteiger partial charge in [0.15, 0.2) is 0 Å². The van der Waals surface area contributed by atoms with Gasteiger partial charge < -0.3 is 19.9 Å². The molecular weight excluding hydrogens is 266 g/mol. The van der Waals surface area contributed by atoms with Crippen molar-refractivity contribution in [2.24, 2.45) is 0 Å². The molecule has 112 valence electrons. The predicted octanol–water partition coefficient (Wildman–Crippen LogP) is 2.71. The minimum absolute atomic E-state index is 0.267. The van der Waals surface area contributed by atoms with Crippen LogP contribution >= 0.6 is 0 Å². The molecule has 2 N–H and O–H groups in total. The van der Waals surface area contributed by atoms with Crippen molar-refractivity contribution in [3.8, 4) is 11.5 Å². The largest absolute Gasteiger partial charge is 0.508 e. The molecule has 4 heteroatoms. The molecule has 0 radical (unpaired) electrons. The van der Waals surface area contributed by atoms with E-state index < -0.39 is 0 Å². The molecule has 2 aromatic carbocycles. The standard InChI is InChI=1S/C17H21NO3/c1-20-10-9-18-12-15-3-2-4-17(11-15)21-13-14-5-7-16(19)8-6-14/h2-8,11,18-19H,9-10,12-13H2,1H3. The van der Waals surface area contributed by atoms with Crippen LogP contribution in [0.4, 0.5) is 0 Å². The van der Waals surface area contributed by atoms with E-state index in [9.17, 15) is 5.11 Å². The van der Waals surface area contributed by atoms with Crippen LogP contribution in [0.3, 0.4) is 0 Å². The third-order valence-corrected chi connectivity index (χ3v) is 3.05. The minimum atomic E-state index is 0.267. The van der Waals surface area contributed by atoms with Gasteiger partial charge in [-0.1, -0.05) is 24.3 Å². The van der Waals surface area contributed by atoms with E-state index in [1.807, 2.05) is 30.3 Å². The monoisotopic (exact) mass is 287 g/mol. The molecule has 0 fully saturated rings.